The second-order valence-corrected chi connectivity index (χ2v) is 5.27. The number of aliphatic hydroxyl groups excluding tert-OH is 1. The molecule has 1 N–H and O–H groups in total. The fourth-order valence-electron chi connectivity index (χ4n) is 2.88. The average Bonchev–Trinajstić information content (AvgIpc) is 2.40. The number of rotatable bonds is 2. The van der Waals surface area contributed by atoms with Crippen molar-refractivity contribution in [3.8, 4) is 0 Å². The molecule has 2 aliphatic heterocycles. The van der Waals surface area contributed by atoms with Crippen molar-refractivity contribution in [2.75, 3.05) is 32.8 Å². The van der Waals surface area contributed by atoms with Crippen LogP contribution in [0.25, 0.3) is 0 Å². The number of nitrogens with zero attached hydrogens (tertiary/aromatic N) is 2. The third-order valence-electron chi connectivity index (χ3n) is 4.05. The standard InChI is InChI=1S/C13H24N2O2/c16-11-6-12-4-9-15(10-5-12)13(17)14-7-2-1-3-8-14/h12,16H,1-11H2. The fraction of sp³-hybridized carbons (Fsp3) is 0.923. The van der Waals surface area contributed by atoms with Crippen molar-refractivity contribution in [1.82, 2.24) is 9.80 Å². The summed E-state index contributed by atoms with van der Waals surface area (Å²) < 4.78 is 0. The van der Waals surface area contributed by atoms with Crippen LogP contribution >= 0.6 is 0 Å². The fourth-order valence-corrected chi connectivity index (χ4v) is 2.88. The summed E-state index contributed by atoms with van der Waals surface area (Å²) in [6.45, 7) is 3.91. The minimum absolute atomic E-state index is 0.243. The molecule has 0 spiro atoms. The first kappa shape index (κ1) is 12.7. The number of amides is 2. The molecule has 0 bridgehead atoms. The topological polar surface area (TPSA) is 43.8 Å². The summed E-state index contributed by atoms with van der Waals surface area (Å²) in [5.41, 5.74) is 0. The van der Waals surface area contributed by atoms with Gasteiger partial charge in [0.2, 0.25) is 0 Å². The normalized spacial score (nSPS) is 22.9. The number of urea groups is 1. The first-order valence-corrected chi connectivity index (χ1v) is 6.96. The molecule has 0 aromatic carbocycles. The first-order chi connectivity index (χ1) is 8.31. The predicted octanol–water partition coefficient (Wildman–Crippen LogP) is 1.69. The lowest BCUT2D eigenvalue weighted by molar-refractivity contribution is 0.119. The molecule has 0 saturated carbocycles. The van der Waals surface area contributed by atoms with Crippen LogP contribution in [0.4, 0.5) is 4.79 Å². The molecule has 2 aliphatic rings. The van der Waals surface area contributed by atoms with E-state index in [0.29, 0.717) is 5.92 Å². The summed E-state index contributed by atoms with van der Waals surface area (Å²) in [6, 6.07) is 0.243. The molecule has 2 heterocycles. The third-order valence-corrected chi connectivity index (χ3v) is 4.05. The molecule has 4 heteroatoms. The summed E-state index contributed by atoms with van der Waals surface area (Å²) in [5, 5.41) is 8.91. The van der Waals surface area contributed by atoms with E-state index in [1.807, 2.05) is 9.80 Å². The smallest absolute Gasteiger partial charge is 0.319 e. The number of hydrogen-bond acceptors (Lipinski definition) is 2. The van der Waals surface area contributed by atoms with E-state index in [1.54, 1.807) is 0 Å². The molecule has 0 aliphatic carbocycles. The Morgan fingerprint density at radius 3 is 2.18 bits per heavy atom. The molecular formula is C13H24N2O2. The Kier molecular flexibility index (Phi) is 4.66. The van der Waals surface area contributed by atoms with Gasteiger partial charge in [-0.2, -0.15) is 0 Å². The van der Waals surface area contributed by atoms with Crippen LogP contribution in [0.3, 0.4) is 0 Å². The van der Waals surface area contributed by atoms with E-state index < -0.39 is 0 Å². The van der Waals surface area contributed by atoms with Gasteiger partial charge >= 0.3 is 6.03 Å². The van der Waals surface area contributed by atoms with Gasteiger partial charge < -0.3 is 14.9 Å². The lowest BCUT2D eigenvalue weighted by Crippen LogP contribution is -2.48. The van der Waals surface area contributed by atoms with E-state index in [2.05, 4.69) is 0 Å². The molecule has 4 nitrogen and oxygen atoms in total. The molecule has 0 aromatic rings. The maximum absolute atomic E-state index is 12.2. The van der Waals surface area contributed by atoms with Crippen LogP contribution < -0.4 is 0 Å². The molecule has 2 amide bonds. The zero-order valence-electron chi connectivity index (χ0n) is 10.6. The summed E-state index contributed by atoms with van der Waals surface area (Å²) in [7, 11) is 0. The quantitative estimate of drug-likeness (QED) is 0.798. The van der Waals surface area contributed by atoms with Crippen LogP contribution in [-0.4, -0.2) is 53.7 Å². The molecule has 0 unspecified atom stereocenters. The second kappa shape index (κ2) is 6.24. The molecule has 0 radical (unpaired) electrons. The summed E-state index contributed by atoms with van der Waals surface area (Å²) >= 11 is 0. The van der Waals surface area contributed by atoms with Crippen molar-refractivity contribution in [1.29, 1.82) is 0 Å². The summed E-state index contributed by atoms with van der Waals surface area (Å²) in [4.78, 5) is 16.2. The number of hydrogen-bond donors (Lipinski definition) is 1. The Bertz CT molecular complexity index is 244. The van der Waals surface area contributed by atoms with Crippen molar-refractivity contribution >= 4 is 6.03 Å². The van der Waals surface area contributed by atoms with Crippen molar-refractivity contribution in [2.24, 2.45) is 5.92 Å². The van der Waals surface area contributed by atoms with E-state index in [9.17, 15) is 4.79 Å². The van der Waals surface area contributed by atoms with Crippen molar-refractivity contribution in [3.63, 3.8) is 0 Å². The Morgan fingerprint density at radius 2 is 1.59 bits per heavy atom. The van der Waals surface area contributed by atoms with Gasteiger partial charge in [-0.05, 0) is 44.4 Å². The highest BCUT2D eigenvalue weighted by Crippen LogP contribution is 2.21. The van der Waals surface area contributed by atoms with Crippen molar-refractivity contribution in [3.05, 3.63) is 0 Å². The van der Waals surface area contributed by atoms with Crippen LogP contribution in [0.5, 0.6) is 0 Å². The van der Waals surface area contributed by atoms with Crippen LogP contribution in [0, 0.1) is 5.92 Å². The monoisotopic (exact) mass is 240 g/mol. The van der Waals surface area contributed by atoms with Crippen molar-refractivity contribution < 1.29 is 9.90 Å². The molecule has 98 valence electrons. The van der Waals surface area contributed by atoms with Crippen LogP contribution in [-0.2, 0) is 0 Å². The largest absolute Gasteiger partial charge is 0.396 e. The van der Waals surface area contributed by atoms with Gasteiger partial charge in [0.15, 0.2) is 0 Å². The van der Waals surface area contributed by atoms with Gasteiger partial charge in [0.25, 0.3) is 0 Å². The highest BCUT2D eigenvalue weighted by atomic mass is 16.3. The maximum atomic E-state index is 12.2. The van der Waals surface area contributed by atoms with Crippen LogP contribution in [0.1, 0.15) is 38.5 Å². The van der Waals surface area contributed by atoms with E-state index in [0.717, 1.165) is 58.3 Å². The van der Waals surface area contributed by atoms with E-state index >= 15 is 0 Å². The maximum Gasteiger partial charge on any atom is 0.319 e. The Morgan fingerprint density at radius 1 is 1.00 bits per heavy atom. The first-order valence-electron chi connectivity index (χ1n) is 6.96. The number of carbonyl (C=O) groups is 1. The number of piperidine rings is 2. The zero-order valence-corrected chi connectivity index (χ0v) is 10.6. The Hall–Kier alpha value is -0.770. The van der Waals surface area contributed by atoms with Crippen LogP contribution in [0.2, 0.25) is 0 Å². The van der Waals surface area contributed by atoms with E-state index in [-0.39, 0.29) is 12.6 Å². The van der Waals surface area contributed by atoms with Gasteiger partial charge in [-0.1, -0.05) is 0 Å². The number of likely N-dealkylation sites (tertiary alicyclic amines) is 2. The molecule has 0 atom stereocenters. The second-order valence-electron chi connectivity index (χ2n) is 5.27. The molecular weight excluding hydrogens is 216 g/mol. The van der Waals surface area contributed by atoms with Gasteiger partial charge in [0, 0.05) is 32.8 Å². The third kappa shape index (κ3) is 3.35. The average molecular weight is 240 g/mol. The predicted molar refractivity (Wildman–Crippen MR) is 66.8 cm³/mol. The highest BCUT2D eigenvalue weighted by Gasteiger charge is 2.26. The molecule has 17 heavy (non-hydrogen) atoms. The number of carbonyl (C=O) groups excluding carboxylic acids is 1. The minimum atomic E-state index is 0.243. The molecule has 2 saturated heterocycles. The van der Waals surface area contributed by atoms with Crippen LogP contribution in [0.15, 0.2) is 0 Å². The lowest BCUT2D eigenvalue weighted by atomic mass is 9.94. The summed E-state index contributed by atoms with van der Waals surface area (Å²) in [6.07, 6.45) is 6.59. The van der Waals surface area contributed by atoms with Gasteiger partial charge in [0.1, 0.15) is 0 Å². The molecule has 2 fully saturated rings. The van der Waals surface area contributed by atoms with E-state index in [4.69, 9.17) is 5.11 Å². The van der Waals surface area contributed by atoms with Gasteiger partial charge in [-0.3, -0.25) is 0 Å². The van der Waals surface area contributed by atoms with Gasteiger partial charge in [-0.15, -0.1) is 0 Å². The van der Waals surface area contributed by atoms with E-state index in [1.165, 1.54) is 6.42 Å². The molecule has 0 aromatic heterocycles. The lowest BCUT2D eigenvalue weighted by Gasteiger charge is -2.37. The summed E-state index contributed by atoms with van der Waals surface area (Å²) in [5.74, 6) is 0.616. The molecule has 2 rings (SSSR count). The Labute approximate surface area is 104 Å². The number of aliphatic hydroxyl groups is 1. The minimum Gasteiger partial charge on any atom is -0.396 e. The SMILES string of the molecule is O=C(N1CCCCC1)N1CCC(CCO)CC1. The van der Waals surface area contributed by atoms with Gasteiger partial charge in [-0.25, -0.2) is 4.79 Å². The van der Waals surface area contributed by atoms with Gasteiger partial charge in [0.05, 0.1) is 0 Å². The highest BCUT2D eigenvalue weighted by molar-refractivity contribution is 5.74. The zero-order chi connectivity index (χ0) is 12.1. The Balaban J connectivity index is 1.77. The van der Waals surface area contributed by atoms with Crippen molar-refractivity contribution in [2.45, 2.75) is 38.5 Å².